The van der Waals surface area contributed by atoms with Crippen molar-refractivity contribution in [2.45, 2.75) is 31.7 Å². The second-order valence-corrected chi connectivity index (χ2v) is 5.71. The number of amides is 1. The Kier molecular flexibility index (Phi) is 4.73. The maximum Gasteiger partial charge on any atom is 0.329 e. The van der Waals surface area contributed by atoms with Crippen LogP contribution in [0.5, 0.6) is 5.75 Å². The fraction of sp³-hybridized carbons (Fsp3) is 0.467. The van der Waals surface area contributed by atoms with E-state index in [9.17, 15) is 14.7 Å². The first kappa shape index (κ1) is 15.6. The van der Waals surface area contributed by atoms with Crippen LogP contribution in [0, 0.1) is 0 Å². The van der Waals surface area contributed by atoms with E-state index in [1.807, 2.05) is 0 Å². The summed E-state index contributed by atoms with van der Waals surface area (Å²) in [6, 6.07) is 6.86. The number of nitrogens with zero attached hydrogens (tertiary/aromatic N) is 1. The summed E-state index contributed by atoms with van der Waals surface area (Å²) in [5, 5.41) is 9.81. The smallest absolute Gasteiger partial charge is 0.329 e. The highest BCUT2D eigenvalue weighted by Crippen LogP contribution is 2.29. The van der Waals surface area contributed by atoms with Crippen LogP contribution in [0.3, 0.4) is 0 Å². The molecule has 2 rings (SSSR count). The second-order valence-electron chi connectivity index (χ2n) is 5.30. The third-order valence-electron chi connectivity index (χ3n) is 3.84. The average Bonchev–Trinajstić information content (AvgIpc) is 2.46. The number of likely N-dealkylation sites (tertiary alicyclic amines) is 1. The van der Waals surface area contributed by atoms with Gasteiger partial charge in [0.2, 0.25) is 0 Å². The lowest BCUT2D eigenvalue weighted by molar-refractivity contribution is -0.161. The molecule has 1 aromatic carbocycles. The van der Waals surface area contributed by atoms with E-state index in [4.69, 9.17) is 16.3 Å². The minimum Gasteiger partial charge on any atom is -0.482 e. The van der Waals surface area contributed by atoms with Crippen molar-refractivity contribution in [3.63, 3.8) is 0 Å². The Balaban J connectivity index is 2.05. The molecule has 0 radical (unpaired) electrons. The van der Waals surface area contributed by atoms with Gasteiger partial charge < -0.3 is 14.7 Å². The number of aliphatic carboxylic acids is 1. The van der Waals surface area contributed by atoms with E-state index in [0.29, 0.717) is 23.7 Å². The number of carbonyl (C=O) groups is 2. The molecule has 0 aliphatic carbocycles. The Hall–Kier alpha value is -1.75. The minimum absolute atomic E-state index is 0.216. The number of hydrogen-bond donors (Lipinski definition) is 1. The first-order chi connectivity index (χ1) is 9.95. The largest absolute Gasteiger partial charge is 0.482 e. The van der Waals surface area contributed by atoms with E-state index in [2.05, 4.69) is 0 Å². The predicted octanol–water partition coefficient (Wildman–Crippen LogP) is 2.57. The Morgan fingerprint density at radius 1 is 1.38 bits per heavy atom. The number of carbonyl (C=O) groups excluding carboxylic acids is 1. The van der Waals surface area contributed by atoms with Crippen molar-refractivity contribution >= 4 is 23.5 Å². The van der Waals surface area contributed by atoms with Gasteiger partial charge in [-0.15, -0.1) is 0 Å². The monoisotopic (exact) mass is 311 g/mol. The van der Waals surface area contributed by atoms with Crippen molar-refractivity contribution in [2.24, 2.45) is 0 Å². The number of rotatable bonds is 4. The third-order valence-corrected chi connectivity index (χ3v) is 4.15. The van der Waals surface area contributed by atoms with Crippen LogP contribution in [0.25, 0.3) is 0 Å². The first-order valence-corrected chi connectivity index (χ1v) is 7.24. The number of halogens is 1. The van der Waals surface area contributed by atoms with Gasteiger partial charge in [-0.1, -0.05) is 23.7 Å². The summed E-state index contributed by atoms with van der Waals surface area (Å²) in [7, 11) is 0. The van der Waals surface area contributed by atoms with Crippen LogP contribution >= 0.6 is 11.6 Å². The topological polar surface area (TPSA) is 66.8 Å². The summed E-state index contributed by atoms with van der Waals surface area (Å²) in [5.41, 5.74) is -1.15. The molecule has 1 atom stereocenters. The van der Waals surface area contributed by atoms with Crippen LogP contribution in [-0.4, -0.2) is 40.6 Å². The Morgan fingerprint density at radius 2 is 2.10 bits per heavy atom. The SMILES string of the molecule is CC1(C(=O)O)CCCCN1C(=O)COc1ccccc1Cl. The molecule has 21 heavy (non-hydrogen) atoms. The fourth-order valence-electron chi connectivity index (χ4n) is 2.52. The molecule has 1 saturated heterocycles. The average molecular weight is 312 g/mol. The zero-order chi connectivity index (χ0) is 15.5. The molecule has 1 amide bonds. The zero-order valence-electron chi connectivity index (χ0n) is 11.8. The summed E-state index contributed by atoms with van der Waals surface area (Å²) in [5.74, 6) is -0.894. The van der Waals surface area contributed by atoms with E-state index in [1.165, 1.54) is 4.90 Å². The summed E-state index contributed by atoms with van der Waals surface area (Å²) in [4.78, 5) is 25.2. The molecule has 6 heteroatoms. The quantitative estimate of drug-likeness (QED) is 0.928. The maximum absolute atomic E-state index is 12.3. The van der Waals surface area contributed by atoms with E-state index in [0.717, 1.165) is 12.8 Å². The molecule has 0 saturated carbocycles. The molecule has 1 aromatic rings. The van der Waals surface area contributed by atoms with Gasteiger partial charge in [0.1, 0.15) is 11.3 Å². The molecule has 1 aliphatic rings. The lowest BCUT2D eigenvalue weighted by Gasteiger charge is -2.41. The summed E-state index contributed by atoms with van der Waals surface area (Å²) >= 11 is 5.96. The number of carboxylic acid groups (broad SMARTS) is 1. The highest BCUT2D eigenvalue weighted by atomic mass is 35.5. The van der Waals surface area contributed by atoms with Crippen molar-refractivity contribution < 1.29 is 19.4 Å². The van der Waals surface area contributed by atoms with Crippen LogP contribution in [0.4, 0.5) is 0 Å². The van der Waals surface area contributed by atoms with E-state index in [-0.39, 0.29) is 12.5 Å². The molecule has 0 spiro atoms. The van der Waals surface area contributed by atoms with Crippen molar-refractivity contribution in [3.05, 3.63) is 29.3 Å². The van der Waals surface area contributed by atoms with Crippen molar-refractivity contribution in [2.75, 3.05) is 13.2 Å². The fourth-order valence-corrected chi connectivity index (χ4v) is 2.71. The van der Waals surface area contributed by atoms with Crippen LogP contribution < -0.4 is 4.74 Å². The Bertz CT molecular complexity index is 548. The normalized spacial score (nSPS) is 21.9. The number of hydrogen-bond acceptors (Lipinski definition) is 3. The standard InChI is InChI=1S/C15H18ClNO4/c1-15(14(19)20)8-4-5-9-17(15)13(18)10-21-12-7-3-2-6-11(12)16/h2-3,6-7H,4-5,8-10H2,1H3,(H,19,20). The van der Waals surface area contributed by atoms with E-state index in [1.54, 1.807) is 31.2 Å². The first-order valence-electron chi connectivity index (χ1n) is 6.86. The van der Waals surface area contributed by atoms with Crippen molar-refractivity contribution in [3.8, 4) is 5.75 Å². The van der Waals surface area contributed by atoms with Gasteiger partial charge in [0.15, 0.2) is 6.61 Å². The minimum atomic E-state index is -1.15. The molecular weight excluding hydrogens is 294 g/mol. The van der Waals surface area contributed by atoms with Crippen molar-refractivity contribution in [1.29, 1.82) is 0 Å². The molecular formula is C15H18ClNO4. The number of ether oxygens (including phenoxy) is 1. The van der Waals surface area contributed by atoms with Gasteiger partial charge in [-0.2, -0.15) is 0 Å². The Morgan fingerprint density at radius 3 is 2.76 bits per heavy atom. The number of para-hydroxylation sites is 1. The molecule has 1 aliphatic heterocycles. The third kappa shape index (κ3) is 3.29. The second kappa shape index (κ2) is 6.35. The van der Waals surface area contributed by atoms with Gasteiger partial charge in [-0.25, -0.2) is 4.79 Å². The van der Waals surface area contributed by atoms with Gasteiger partial charge in [0, 0.05) is 6.54 Å². The van der Waals surface area contributed by atoms with Crippen molar-refractivity contribution in [1.82, 2.24) is 4.90 Å². The van der Waals surface area contributed by atoms with Crippen LogP contribution in [0.2, 0.25) is 5.02 Å². The van der Waals surface area contributed by atoms with Gasteiger partial charge in [-0.05, 0) is 38.3 Å². The predicted molar refractivity (Wildman–Crippen MR) is 78.6 cm³/mol. The molecule has 114 valence electrons. The molecule has 0 bridgehead atoms. The lowest BCUT2D eigenvalue weighted by Crippen LogP contribution is -2.58. The summed E-state index contributed by atoms with van der Waals surface area (Å²) in [6.45, 7) is 1.81. The van der Waals surface area contributed by atoms with Crippen LogP contribution in [0.1, 0.15) is 26.2 Å². The maximum atomic E-state index is 12.3. The molecule has 0 aromatic heterocycles. The van der Waals surface area contributed by atoms with E-state index < -0.39 is 11.5 Å². The summed E-state index contributed by atoms with van der Waals surface area (Å²) < 4.78 is 5.41. The Labute approximate surface area is 128 Å². The van der Waals surface area contributed by atoms with Gasteiger partial charge in [0.05, 0.1) is 5.02 Å². The molecule has 1 unspecified atom stereocenters. The summed E-state index contributed by atoms with van der Waals surface area (Å²) in [6.07, 6.45) is 2.07. The highest BCUT2D eigenvalue weighted by Gasteiger charge is 2.43. The van der Waals surface area contributed by atoms with Crippen LogP contribution in [0.15, 0.2) is 24.3 Å². The number of benzene rings is 1. The number of carboxylic acids is 1. The molecule has 1 fully saturated rings. The lowest BCUT2D eigenvalue weighted by atomic mass is 9.88. The van der Waals surface area contributed by atoms with Gasteiger partial charge >= 0.3 is 5.97 Å². The zero-order valence-corrected chi connectivity index (χ0v) is 12.6. The highest BCUT2D eigenvalue weighted by molar-refractivity contribution is 6.32. The molecule has 5 nitrogen and oxygen atoms in total. The van der Waals surface area contributed by atoms with E-state index >= 15 is 0 Å². The number of piperidine rings is 1. The molecule has 1 heterocycles. The van der Waals surface area contributed by atoms with Gasteiger partial charge in [-0.3, -0.25) is 4.79 Å². The van der Waals surface area contributed by atoms with Gasteiger partial charge in [0.25, 0.3) is 5.91 Å². The molecule has 1 N–H and O–H groups in total. The van der Waals surface area contributed by atoms with Crippen LogP contribution in [-0.2, 0) is 9.59 Å².